The zero-order chi connectivity index (χ0) is 23.7. The van der Waals surface area contributed by atoms with E-state index in [1.807, 2.05) is 19.9 Å². The highest BCUT2D eigenvalue weighted by Crippen LogP contribution is 2.36. The average Bonchev–Trinajstić information content (AvgIpc) is 2.97. The Kier molecular flexibility index (Phi) is 7.48. The third-order valence-corrected chi connectivity index (χ3v) is 7.14. The fraction of sp³-hybridized carbons (Fsp3) is 0.565. The molecular weight excluding hydrogens is 444 g/mol. The van der Waals surface area contributed by atoms with E-state index in [1.165, 1.54) is 16.3 Å². The molecule has 0 unspecified atom stereocenters. The standard InChI is InChI=1S/C23H30N4O3S2/c1-13(2)7-8-27-22(29)19(32-23(27)31)9-17-16(5)18(10-24)21(28)25(6)20(17)26-11-14(3)30-15(4)12-26/h9,13-15H,7-8,11-12H2,1-6H3/b19-9-/t14-,15-/m0/s1. The summed E-state index contributed by atoms with van der Waals surface area (Å²) in [5.41, 5.74) is 1.03. The van der Waals surface area contributed by atoms with Gasteiger partial charge < -0.3 is 9.64 Å². The second-order valence-corrected chi connectivity index (χ2v) is 10.6. The summed E-state index contributed by atoms with van der Waals surface area (Å²) >= 11 is 6.74. The molecule has 9 heteroatoms. The second-order valence-electron chi connectivity index (χ2n) is 8.89. The summed E-state index contributed by atoms with van der Waals surface area (Å²) in [5, 5.41) is 9.63. The van der Waals surface area contributed by atoms with E-state index in [0.29, 0.717) is 51.7 Å². The van der Waals surface area contributed by atoms with Crippen molar-refractivity contribution in [3.05, 3.63) is 31.9 Å². The van der Waals surface area contributed by atoms with Crippen LogP contribution in [-0.4, -0.2) is 51.5 Å². The molecular formula is C23H30N4O3S2. The first kappa shape index (κ1) is 24.5. The maximum Gasteiger partial charge on any atom is 0.270 e. The van der Waals surface area contributed by atoms with Gasteiger partial charge in [0.25, 0.3) is 11.5 Å². The normalized spacial score (nSPS) is 22.9. The van der Waals surface area contributed by atoms with Gasteiger partial charge in [-0.25, -0.2) is 0 Å². The molecule has 3 rings (SSSR count). The maximum absolute atomic E-state index is 13.1. The molecule has 2 fully saturated rings. The van der Waals surface area contributed by atoms with Crippen molar-refractivity contribution in [2.24, 2.45) is 13.0 Å². The summed E-state index contributed by atoms with van der Waals surface area (Å²) < 4.78 is 7.93. The lowest BCUT2D eigenvalue weighted by atomic mass is 10.0. The molecule has 0 bridgehead atoms. The number of anilines is 1. The number of amides is 1. The van der Waals surface area contributed by atoms with Gasteiger partial charge in [0.2, 0.25) is 0 Å². The quantitative estimate of drug-likeness (QED) is 0.478. The van der Waals surface area contributed by atoms with Crippen LogP contribution in [0.3, 0.4) is 0 Å². The van der Waals surface area contributed by atoms with E-state index < -0.39 is 0 Å². The molecule has 2 aliphatic rings. The average molecular weight is 475 g/mol. The number of thioether (sulfide) groups is 1. The molecule has 0 N–H and O–H groups in total. The maximum atomic E-state index is 13.1. The van der Waals surface area contributed by atoms with Crippen LogP contribution in [0.1, 0.15) is 50.8 Å². The van der Waals surface area contributed by atoms with E-state index in [-0.39, 0.29) is 29.2 Å². The summed E-state index contributed by atoms with van der Waals surface area (Å²) in [6, 6.07) is 2.05. The van der Waals surface area contributed by atoms with Crippen LogP contribution in [0.4, 0.5) is 5.82 Å². The van der Waals surface area contributed by atoms with Gasteiger partial charge in [-0.05, 0) is 44.7 Å². The number of nitrogens with zero attached hydrogens (tertiary/aromatic N) is 4. The van der Waals surface area contributed by atoms with Crippen molar-refractivity contribution in [3.63, 3.8) is 0 Å². The fourth-order valence-electron chi connectivity index (χ4n) is 4.16. The molecule has 3 heterocycles. The van der Waals surface area contributed by atoms with Gasteiger partial charge in [-0.2, -0.15) is 5.26 Å². The van der Waals surface area contributed by atoms with Crippen LogP contribution in [0, 0.1) is 24.2 Å². The molecule has 7 nitrogen and oxygen atoms in total. The zero-order valence-electron chi connectivity index (χ0n) is 19.5. The third-order valence-electron chi connectivity index (χ3n) is 5.77. The van der Waals surface area contributed by atoms with Crippen molar-refractivity contribution in [2.45, 2.75) is 53.2 Å². The lowest BCUT2D eigenvalue weighted by molar-refractivity contribution is -0.122. The smallest absolute Gasteiger partial charge is 0.270 e. The Morgan fingerprint density at radius 3 is 2.47 bits per heavy atom. The molecule has 0 radical (unpaired) electrons. The van der Waals surface area contributed by atoms with Gasteiger partial charge in [-0.1, -0.05) is 37.8 Å². The summed E-state index contributed by atoms with van der Waals surface area (Å²) in [6.45, 7) is 11.8. The molecule has 172 valence electrons. The van der Waals surface area contributed by atoms with E-state index in [4.69, 9.17) is 17.0 Å². The first-order chi connectivity index (χ1) is 15.0. The van der Waals surface area contributed by atoms with Gasteiger partial charge in [0, 0.05) is 32.2 Å². The molecule has 0 aromatic carbocycles. The molecule has 32 heavy (non-hydrogen) atoms. The third kappa shape index (κ3) is 4.77. The number of hydrogen-bond donors (Lipinski definition) is 0. The number of hydrogen-bond acceptors (Lipinski definition) is 7. The lowest BCUT2D eigenvalue weighted by Crippen LogP contribution is -2.47. The number of ether oxygens (including phenoxy) is 1. The summed E-state index contributed by atoms with van der Waals surface area (Å²) in [6.07, 6.45) is 2.65. The van der Waals surface area contributed by atoms with Crippen LogP contribution in [0.25, 0.3) is 6.08 Å². The summed E-state index contributed by atoms with van der Waals surface area (Å²) in [4.78, 5) is 30.3. The molecule has 2 atom stereocenters. The molecule has 1 amide bonds. The van der Waals surface area contributed by atoms with Crippen LogP contribution in [0.15, 0.2) is 9.70 Å². The number of rotatable bonds is 5. The number of thiocarbonyl (C=S) groups is 1. The SMILES string of the molecule is Cc1c(/C=C2\SC(=S)N(CCC(C)C)C2=O)c(N2C[C@H](C)O[C@@H](C)C2)n(C)c(=O)c1C#N. The van der Waals surface area contributed by atoms with Gasteiger partial charge in [-0.15, -0.1) is 0 Å². The van der Waals surface area contributed by atoms with Crippen LogP contribution < -0.4 is 10.5 Å². The van der Waals surface area contributed by atoms with Crippen molar-refractivity contribution in [1.82, 2.24) is 9.47 Å². The molecule has 1 aromatic rings. The molecule has 2 aliphatic heterocycles. The number of aromatic nitrogens is 1. The van der Waals surface area contributed by atoms with E-state index in [2.05, 4.69) is 18.7 Å². The highest BCUT2D eigenvalue weighted by Gasteiger charge is 2.33. The minimum atomic E-state index is -0.339. The number of morpholine rings is 1. The Morgan fingerprint density at radius 1 is 1.28 bits per heavy atom. The van der Waals surface area contributed by atoms with Gasteiger partial charge in [0.1, 0.15) is 21.8 Å². The predicted octanol–water partition coefficient (Wildman–Crippen LogP) is 3.43. The van der Waals surface area contributed by atoms with Crippen molar-refractivity contribution in [2.75, 3.05) is 24.5 Å². The largest absolute Gasteiger partial charge is 0.372 e. The van der Waals surface area contributed by atoms with Crippen molar-refractivity contribution < 1.29 is 9.53 Å². The predicted molar refractivity (Wildman–Crippen MR) is 133 cm³/mol. The zero-order valence-corrected chi connectivity index (χ0v) is 21.1. The van der Waals surface area contributed by atoms with Gasteiger partial charge in [-0.3, -0.25) is 19.1 Å². The summed E-state index contributed by atoms with van der Waals surface area (Å²) in [7, 11) is 1.67. The number of pyridine rings is 1. The Bertz CT molecular complexity index is 1060. The summed E-state index contributed by atoms with van der Waals surface area (Å²) in [5.74, 6) is 1.03. The number of nitriles is 1. The number of carbonyl (C=O) groups is 1. The molecule has 0 spiro atoms. The van der Waals surface area contributed by atoms with E-state index in [1.54, 1.807) is 24.9 Å². The number of carbonyl (C=O) groups excluding carboxylic acids is 1. The Hall–Kier alpha value is -2.15. The second kappa shape index (κ2) is 9.77. The van der Waals surface area contributed by atoms with Crippen molar-refractivity contribution >= 4 is 46.1 Å². The van der Waals surface area contributed by atoms with Crippen LogP contribution in [0.5, 0.6) is 0 Å². The van der Waals surface area contributed by atoms with Crippen LogP contribution in [0.2, 0.25) is 0 Å². The monoisotopic (exact) mass is 474 g/mol. The molecule has 1 aromatic heterocycles. The Morgan fingerprint density at radius 2 is 1.91 bits per heavy atom. The highest BCUT2D eigenvalue weighted by atomic mass is 32.2. The minimum Gasteiger partial charge on any atom is -0.372 e. The molecule has 0 saturated carbocycles. The first-order valence-corrected chi connectivity index (χ1v) is 12.1. The van der Waals surface area contributed by atoms with Crippen molar-refractivity contribution in [3.8, 4) is 6.07 Å². The topological polar surface area (TPSA) is 78.6 Å². The Balaban J connectivity index is 2.12. The van der Waals surface area contributed by atoms with Crippen LogP contribution >= 0.6 is 24.0 Å². The highest BCUT2D eigenvalue weighted by molar-refractivity contribution is 8.26. The van der Waals surface area contributed by atoms with E-state index in [9.17, 15) is 14.9 Å². The van der Waals surface area contributed by atoms with Crippen molar-refractivity contribution in [1.29, 1.82) is 5.26 Å². The minimum absolute atomic E-state index is 0.00750. The van der Waals surface area contributed by atoms with Gasteiger partial charge >= 0.3 is 0 Å². The fourth-order valence-corrected chi connectivity index (χ4v) is 5.45. The molecule has 0 aliphatic carbocycles. The Labute approximate surface area is 199 Å². The van der Waals surface area contributed by atoms with E-state index >= 15 is 0 Å². The van der Waals surface area contributed by atoms with Crippen LogP contribution in [-0.2, 0) is 16.6 Å². The van der Waals surface area contributed by atoms with Gasteiger partial charge in [0.05, 0.1) is 17.1 Å². The first-order valence-electron chi connectivity index (χ1n) is 10.8. The van der Waals surface area contributed by atoms with Gasteiger partial charge in [0.15, 0.2) is 0 Å². The van der Waals surface area contributed by atoms with E-state index in [0.717, 1.165) is 6.42 Å². The molecule has 2 saturated heterocycles. The lowest BCUT2D eigenvalue weighted by Gasteiger charge is -2.38.